The van der Waals surface area contributed by atoms with Crippen LogP contribution in [0.5, 0.6) is 0 Å². The van der Waals surface area contributed by atoms with Crippen molar-refractivity contribution in [3.63, 3.8) is 0 Å². The van der Waals surface area contributed by atoms with E-state index in [4.69, 9.17) is 9.72 Å². The Balaban J connectivity index is 1.21. The maximum Gasteiger partial charge on any atom is 0.243 e. The van der Waals surface area contributed by atoms with Crippen LogP contribution in [0.3, 0.4) is 0 Å². The molecule has 0 saturated carbocycles. The van der Waals surface area contributed by atoms with Crippen molar-refractivity contribution in [1.29, 1.82) is 0 Å². The van der Waals surface area contributed by atoms with Gasteiger partial charge in [0, 0.05) is 51.0 Å². The largest absolute Gasteiger partial charge is 0.378 e. The molecule has 0 bridgehead atoms. The second-order valence-corrected chi connectivity index (χ2v) is 10.3. The molecule has 2 atom stereocenters. The van der Waals surface area contributed by atoms with Crippen LogP contribution in [-0.2, 0) is 9.53 Å². The van der Waals surface area contributed by atoms with Crippen LogP contribution in [0.15, 0.2) is 36.6 Å². The quantitative estimate of drug-likeness (QED) is 0.302. The summed E-state index contributed by atoms with van der Waals surface area (Å²) in [5.41, 5.74) is 1.59. The maximum absolute atomic E-state index is 11.9. The summed E-state index contributed by atoms with van der Waals surface area (Å²) in [6, 6.07) is 0.485. The van der Waals surface area contributed by atoms with E-state index in [2.05, 4.69) is 58.4 Å². The first-order chi connectivity index (χ1) is 19.1. The Kier molecular flexibility index (Phi) is 9.17. The van der Waals surface area contributed by atoms with E-state index in [-0.39, 0.29) is 18.1 Å². The van der Waals surface area contributed by atoms with E-state index in [1.165, 1.54) is 6.08 Å². The summed E-state index contributed by atoms with van der Waals surface area (Å²) in [6.07, 6.45) is 10.5. The molecule has 3 aliphatic heterocycles. The number of piperidine rings is 2. The number of hydrogen-bond acceptors (Lipinski definition) is 10. The number of allylic oxidation sites excluding steroid dienone is 1. The predicted molar refractivity (Wildman–Crippen MR) is 153 cm³/mol. The molecule has 1 unspecified atom stereocenters. The van der Waals surface area contributed by atoms with Crippen LogP contribution in [0.1, 0.15) is 25.7 Å². The van der Waals surface area contributed by atoms with Crippen molar-refractivity contribution in [3.05, 3.63) is 31.6 Å². The van der Waals surface area contributed by atoms with Crippen LogP contribution in [-0.4, -0.2) is 114 Å². The van der Waals surface area contributed by atoms with Gasteiger partial charge in [-0.1, -0.05) is 19.2 Å². The Morgan fingerprint density at radius 1 is 1.13 bits per heavy atom. The summed E-state index contributed by atoms with van der Waals surface area (Å²) in [7, 11) is 0. The van der Waals surface area contributed by atoms with Gasteiger partial charge in [-0.25, -0.2) is 15.0 Å². The summed E-state index contributed by atoms with van der Waals surface area (Å²) < 4.78 is 5.50. The van der Waals surface area contributed by atoms with E-state index < -0.39 is 0 Å². The minimum absolute atomic E-state index is 0.0961. The molecule has 2 aromatic heterocycles. The van der Waals surface area contributed by atoms with Gasteiger partial charge >= 0.3 is 0 Å². The van der Waals surface area contributed by atoms with Gasteiger partial charge in [-0.05, 0) is 38.3 Å². The highest BCUT2D eigenvalue weighted by Crippen LogP contribution is 2.26. The molecule has 210 valence electrons. The first-order valence-corrected chi connectivity index (χ1v) is 14.0. The van der Waals surface area contributed by atoms with Crippen LogP contribution in [0, 0.1) is 0 Å². The molecule has 5 heterocycles. The van der Waals surface area contributed by atoms with Crippen molar-refractivity contribution in [2.45, 2.75) is 43.9 Å². The fraction of sp³-hybridized carbons (Fsp3) is 0.593. The highest BCUT2D eigenvalue weighted by Gasteiger charge is 2.30. The monoisotopic (exact) mass is 536 g/mol. The number of nitrogens with one attached hydrogen (secondary N) is 3. The van der Waals surface area contributed by atoms with Gasteiger partial charge in [0.2, 0.25) is 11.9 Å². The molecule has 5 rings (SSSR count). The number of ether oxygens (including phenoxy) is 1. The van der Waals surface area contributed by atoms with Gasteiger partial charge in [0.15, 0.2) is 17.0 Å². The van der Waals surface area contributed by atoms with E-state index in [1.54, 1.807) is 18.6 Å². The Labute approximate surface area is 229 Å². The molecule has 39 heavy (non-hydrogen) atoms. The van der Waals surface area contributed by atoms with Crippen molar-refractivity contribution < 1.29 is 9.53 Å². The molecule has 3 aliphatic rings. The van der Waals surface area contributed by atoms with E-state index in [1.807, 2.05) is 0 Å². The number of hydrogen-bond donors (Lipinski definition) is 3. The van der Waals surface area contributed by atoms with Crippen molar-refractivity contribution >= 4 is 35.1 Å². The maximum atomic E-state index is 11.9. The molecule has 3 fully saturated rings. The SMILES string of the molecule is C=C/C=N\CC(NC1CCN(c2nc3c(N4CCOCC4)ncnc3[nH]2)CC1)N1CCC[C@@H](NC(=O)C=C)C1. The third kappa shape index (κ3) is 6.81. The Morgan fingerprint density at radius 3 is 2.72 bits per heavy atom. The van der Waals surface area contributed by atoms with Crippen LogP contribution >= 0.6 is 0 Å². The van der Waals surface area contributed by atoms with Gasteiger partial charge in [-0.2, -0.15) is 0 Å². The van der Waals surface area contributed by atoms with Crippen molar-refractivity contribution in [3.8, 4) is 0 Å². The minimum atomic E-state index is -0.114. The normalized spacial score (nSPS) is 22.3. The number of rotatable bonds is 10. The molecule has 12 heteroatoms. The number of aromatic amines is 1. The molecule has 3 saturated heterocycles. The molecule has 0 spiro atoms. The predicted octanol–water partition coefficient (Wildman–Crippen LogP) is 1.10. The molecule has 0 radical (unpaired) electrons. The average Bonchev–Trinajstić information content (AvgIpc) is 3.42. The third-order valence-electron chi connectivity index (χ3n) is 7.70. The lowest BCUT2D eigenvalue weighted by Crippen LogP contribution is -2.59. The lowest BCUT2D eigenvalue weighted by atomic mass is 10.0. The summed E-state index contributed by atoms with van der Waals surface area (Å²) >= 11 is 0. The zero-order valence-corrected chi connectivity index (χ0v) is 22.6. The number of aliphatic imine (C=N–C) groups is 1. The highest BCUT2D eigenvalue weighted by molar-refractivity contribution is 5.87. The zero-order valence-electron chi connectivity index (χ0n) is 22.6. The number of amides is 1. The van der Waals surface area contributed by atoms with E-state index >= 15 is 0 Å². The lowest BCUT2D eigenvalue weighted by Gasteiger charge is -2.41. The number of nitrogens with zero attached hydrogens (tertiary/aromatic N) is 7. The van der Waals surface area contributed by atoms with Crippen LogP contribution in [0.4, 0.5) is 11.8 Å². The topological polar surface area (TPSA) is 127 Å². The smallest absolute Gasteiger partial charge is 0.243 e. The van der Waals surface area contributed by atoms with E-state index in [0.29, 0.717) is 25.8 Å². The average molecular weight is 537 g/mol. The number of carbonyl (C=O) groups is 1. The second kappa shape index (κ2) is 13.1. The number of aromatic nitrogens is 4. The molecule has 2 aromatic rings. The number of anilines is 2. The van der Waals surface area contributed by atoms with Crippen LogP contribution in [0.2, 0.25) is 0 Å². The first-order valence-electron chi connectivity index (χ1n) is 14.0. The van der Waals surface area contributed by atoms with Gasteiger partial charge in [-0.3, -0.25) is 20.0 Å². The van der Waals surface area contributed by atoms with Gasteiger partial charge in [0.25, 0.3) is 0 Å². The first kappa shape index (κ1) is 27.2. The number of fused-ring (bicyclic) bond motifs is 1. The zero-order chi connectivity index (χ0) is 27.0. The second-order valence-electron chi connectivity index (χ2n) is 10.3. The molecule has 12 nitrogen and oxygen atoms in total. The molecule has 3 N–H and O–H groups in total. The summed E-state index contributed by atoms with van der Waals surface area (Å²) in [6.45, 7) is 14.5. The summed E-state index contributed by atoms with van der Waals surface area (Å²) in [5, 5.41) is 6.94. The van der Waals surface area contributed by atoms with Crippen molar-refractivity contribution in [2.24, 2.45) is 4.99 Å². The van der Waals surface area contributed by atoms with Crippen molar-refractivity contribution in [1.82, 2.24) is 35.5 Å². The summed E-state index contributed by atoms with van der Waals surface area (Å²) in [5.74, 6) is 1.61. The molecule has 0 aliphatic carbocycles. The molecular weight excluding hydrogens is 496 g/mol. The van der Waals surface area contributed by atoms with Gasteiger partial charge in [0.05, 0.1) is 25.9 Å². The highest BCUT2D eigenvalue weighted by atomic mass is 16.5. The van der Waals surface area contributed by atoms with Crippen LogP contribution in [0.25, 0.3) is 11.2 Å². The van der Waals surface area contributed by atoms with Gasteiger partial charge in [0.1, 0.15) is 6.33 Å². The molecular formula is C27H40N10O2. The van der Waals surface area contributed by atoms with Gasteiger partial charge in [-0.15, -0.1) is 0 Å². The van der Waals surface area contributed by atoms with E-state index in [9.17, 15) is 4.79 Å². The Morgan fingerprint density at radius 2 is 1.95 bits per heavy atom. The van der Waals surface area contributed by atoms with Crippen molar-refractivity contribution in [2.75, 3.05) is 68.8 Å². The van der Waals surface area contributed by atoms with Crippen LogP contribution < -0.4 is 20.4 Å². The number of carbonyl (C=O) groups excluding carboxylic acids is 1. The lowest BCUT2D eigenvalue weighted by molar-refractivity contribution is -0.117. The summed E-state index contributed by atoms with van der Waals surface area (Å²) in [4.78, 5) is 40.7. The minimum Gasteiger partial charge on any atom is -0.378 e. The van der Waals surface area contributed by atoms with E-state index in [0.717, 1.165) is 87.9 Å². The Hall–Kier alpha value is -3.35. The standard InChI is InChI=1S/C27H40N10O2/c1-3-9-28-17-22(37-10-5-6-21(18-37)32-23(38)4-2)31-20-7-11-36(12-8-20)27-33-24-25(34-27)29-19-30-26(24)35-13-15-39-16-14-35/h3-4,9,19-22,31H,1-2,5-8,10-18H2,(H,32,38)(H,29,30,33,34)/b28-9-/t21-,22?/m1/s1. The number of likely N-dealkylation sites (tertiary alicyclic amines) is 1. The number of morpholine rings is 1. The Bertz CT molecular complexity index is 1150. The fourth-order valence-corrected chi connectivity index (χ4v) is 5.67. The fourth-order valence-electron chi connectivity index (χ4n) is 5.67. The third-order valence-corrected chi connectivity index (χ3v) is 7.70. The van der Waals surface area contributed by atoms with Gasteiger partial charge < -0.3 is 24.8 Å². The molecule has 1 amide bonds. The number of H-pyrrole nitrogens is 1. The number of imidazole rings is 1. The molecule has 0 aromatic carbocycles.